The summed E-state index contributed by atoms with van der Waals surface area (Å²) in [5.74, 6) is -0.0340. The molecule has 4 nitrogen and oxygen atoms in total. The molecular formula is C14H19Cl2N3O. The Morgan fingerprint density at radius 1 is 1.10 bits per heavy atom. The third-order valence-corrected chi connectivity index (χ3v) is 3.86. The summed E-state index contributed by atoms with van der Waals surface area (Å²) >= 11 is 11.8. The van der Waals surface area contributed by atoms with Gasteiger partial charge in [0.2, 0.25) is 5.91 Å². The van der Waals surface area contributed by atoms with Crippen molar-refractivity contribution in [1.82, 2.24) is 9.80 Å². The highest BCUT2D eigenvalue weighted by Gasteiger charge is 2.17. The average molecular weight is 316 g/mol. The van der Waals surface area contributed by atoms with Gasteiger partial charge in [-0.3, -0.25) is 9.69 Å². The van der Waals surface area contributed by atoms with E-state index >= 15 is 0 Å². The van der Waals surface area contributed by atoms with Crippen LogP contribution in [-0.4, -0.2) is 55.0 Å². The zero-order valence-corrected chi connectivity index (χ0v) is 13.0. The molecule has 1 N–H and O–H groups in total. The van der Waals surface area contributed by atoms with Crippen LogP contribution in [0.25, 0.3) is 0 Å². The van der Waals surface area contributed by atoms with Gasteiger partial charge < -0.3 is 10.2 Å². The molecule has 0 aromatic heterocycles. The maximum Gasteiger partial charge on any atom is 0.238 e. The maximum absolute atomic E-state index is 12.0. The number of rotatable bonds is 4. The Balaban J connectivity index is 1.83. The molecule has 0 aliphatic carbocycles. The second-order valence-corrected chi connectivity index (χ2v) is 5.79. The number of nitrogens with zero attached hydrogens (tertiary/aromatic N) is 2. The van der Waals surface area contributed by atoms with Crippen LogP contribution in [0, 0.1) is 0 Å². The first-order chi connectivity index (χ1) is 9.56. The summed E-state index contributed by atoms with van der Waals surface area (Å²) in [5.41, 5.74) is 0.639. The third-order valence-electron chi connectivity index (χ3n) is 3.43. The van der Waals surface area contributed by atoms with Gasteiger partial charge in [-0.05, 0) is 24.7 Å². The minimum Gasteiger partial charge on any atom is -0.325 e. The van der Waals surface area contributed by atoms with Crippen LogP contribution in [0.15, 0.2) is 18.2 Å². The van der Waals surface area contributed by atoms with Crippen LogP contribution >= 0.6 is 23.2 Å². The van der Waals surface area contributed by atoms with Crippen LogP contribution in [0.1, 0.15) is 6.92 Å². The summed E-state index contributed by atoms with van der Waals surface area (Å²) in [7, 11) is 0. The Morgan fingerprint density at radius 3 is 2.20 bits per heavy atom. The van der Waals surface area contributed by atoms with Gasteiger partial charge in [0.25, 0.3) is 0 Å². The van der Waals surface area contributed by atoms with Gasteiger partial charge in [0.05, 0.1) is 6.54 Å². The Kier molecular flexibility index (Phi) is 5.66. The van der Waals surface area contributed by atoms with E-state index in [0.29, 0.717) is 22.3 Å². The molecule has 1 saturated heterocycles. The lowest BCUT2D eigenvalue weighted by Crippen LogP contribution is -2.48. The Hall–Kier alpha value is -0.810. The van der Waals surface area contributed by atoms with Crippen molar-refractivity contribution in [3.05, 3.63) is 28.2 Å². The minimum atomic E-state index is -0.0340. The third kappa shape index (κ3) is 4.63. The van der Waals surface area contributed by atoms with Gasteiger partial charge in [0.1, 0.15) is 0 Å². The van der Waals surface area contributed by atoms with E-state index in [0.717, 1.165) is 32.7 Å². The largest absolute Gasteiger partial charge is 0.325 e. The zero-order chi connectivity index (χ0) is 14.5. The molecule has 6 heteroatoms. The Morgan fingerprint density at radius 2 is 1.65 bits per heavy atom. The lowest BCUT2D eigenvalue weighted by Gasteiger charge is -2.33. The summed E-state index contributed by atoms with van der Waals surface area (Å²) in [6.45, 7) is 7.53. The van der Waals surface area contributed by atoms with E-state index in [-0.39, 0.29) is 5.91 Å². The lowest BCUT2D eigenvalue weighted by atomic mass is 10.3. The van der Waals surface area contributed by atoms with Gasteiger partial charge in [-0.2, -0.15) is 0 Å². The van der Waals surface area contributed by atoms with E-state index in [1.54, 1.807) is 18.2 Å². The fraction of sp³-hybridized carbons (Fsp3) is 0.500. The van der Waals surface area contributed by atoms with Crippen LogP contribution in [0.2, 0.25) is 10.0 Å². The fourth-order valence-electron chi connectivity index (χ4n) is 2.29. The summed E-state index contributed by atoms with van der Waals surface area (Å²) in [6.07, 6.45) is 0. The number of amides is 1. The smallest absolute Gasteiger partial charge is 0.238 e. The molecule has 1 heterocycles. The molecule has 20 heavy (non-hydrogen) atoms. The number of nitrogens with one attached hydrogen (secondary N) is 1. The first-order valence-corrected chi connectivity index (χ1v) is 7.53. The SMILES string of the molecule is CCN1CCN(CC(=O)Nc2cc(Cl)cc(Cl)c2)CC1. The summed E-state index contributed by atoms with van der Waals surface area (Å²) < 4.78 is 0. The molecule has 1 aliphatic rings. The van der Waals surface area contributed by atoms with Gasteiger partial charge in [-0.15, -0.1) is 0 Å². The molecular weight excluding hydrogens is 297 g/mol. The van der Waals surface area contributed by atoms with E-state index in [9.17, 15) is 4.79 Å². The number of halogens is 2. The molecule has 1 aromatic carbocycles. The molecule has 0 unspecified atom stereocenters. The number of benzene rings is 1. The molecule has 1 amide bonds. The standard InChI is InChI=1S/C14H19Cl2N3O/c1-2-18-3-5-19(6-4-18)10-14(20)17-13-8-11(15)7-12(16)9-13/h7-9H,2-6,10H2,1H3,(H,17,20). The van der Waals surface area contributed by atoms with Crippen LogP contribution in [0.3, 0.4) is 0 Å². The van der Waals surface area contributed by atoms with Gasteiger partial charge in [0.15, 0.2) is 0 Å². The van der Waals surface area contributed by atoms with Gasteiger partial charge in [0, 0.05) is 41.9 Å². The predicted molar refractivity (Wildman–Crippen MR) is 83.6 cm³/mol. The molecule has 0 saturated carbocycles. The number of anilines is 1. The highest BCUT2D eigenvalue weighted by atomic mass is 35.5. The normalized spacial score (nSPS) is 17.1. The Bertz CT molecular complexity index is 453. The monoisotopic (exact) mass is 315 g/mol. The molecule has 1 fully saturated rings. The predicted octanol–water partition coefficient (Wildman–Crippen LogP) is 2.57. The topological polar surface area (TPSA) is 35.6 Å². The van der Waals surface area contributed by atoms with Crippen molar-refractivity contribution < 1.29 is 4.79 Å². The Labute approximate surface area is 129 Å². The van der Waals surface area contributed by atoms with E-state index in [1.165, 1.54) is 0 Å². The van der Waals surface area contributed by atoms with Crippen molar-refractivity contribution in [3.63, 3.8) is 0 Å². The highest BCUT2D eigenvalue weighted by molar-refractivity contribution is 6.35. The van der Waals surface area contributed by atoms with Crippen molar-refractivity contribution in [2.75, 3.05) is 44.6 Å². The number of hydrogen-bond acceptors (Lipinski definition) is 3. The summed E-state index contributed by atoms with van der Waals surface area (Å²) in [5, 5.41) is 3.87. The molecule has 0 bridgehead atoms. The molecule has 0 radical (unpaired) electrons. The average Bonchev–Trinajstić information content (AvgIpc) is 2.38. The van der Waals surface area contributed by atoms with Crippen molar-refractivity contribution in [2.24, 2.45) is 0 Å². The molecule has 0 spiro atoms. The second-order valence-electron chi connectivity index (χ2n) is 4.92. The zero-order valence-electron chi connectivity index (χ0n) is 11.5. The molecule has 0 atom stereocenters. The summed E-state index contributed by atoms with van der Waals surface area (Å²) in [4.78, 5) is 16.5. The number of carbonyl (C=O) groups is 1. The number of hydrogen-bond donors (Lipinski definition) is 1. The van der Waals surface area contributed by atoms with Crippen LogP contribution in [0.5, 0.6) is 0 Å². The summed E-state index contributed by atoms with van der Waals surface area (Å²) in [6, 6.07) is 5.03. The first kappa shape index (κ1) is 15.6. The van der Waals surface area contributed by atoms with Gasteiger partial charge in [-0.25, -0.2) is 0 Å². The molecule has 1 aliphatic heterocycles. The van der Waals surface area contributed by atoms with Crippen LogP contribution in [0.4, 0.5) is 5.69 Å². The molecule has 2 rings (SSSR count). The molecule has 1 aromatic rings. The first-order valence-electron chi connectivity index (χ1n) is 6.77. The van der Waals surface area contributed by atoms with Gasteiger partial charge >= 0.3 is 0 Å². The second kappa shape index (κ2) is 7.27. The highest BCUT2D eigenvalue weighted by Crippen LogP contribution is 2.22. The van der Waals surface area contributed by atoms with Crippen molar-refractivity contribution >= 4 is 34.8 Å². The van der Waals surface area contributed by atoms with E-state index in [2.05, 4.69) is 22.0 Å². The van der Waals surface area contributed by atoms with Crippen molar-refractivity contribution in [2.45, 2.75) is 6.92 Å². The van der Waals surface area contributed by atoms with E-state index < -0.39 is 0 Å². The van der Waals surface area contributed by atoms with Crippen molar-refractivity contribution in [3.8, 4) is 0 Å². The van der Waals surface area contributed by atoms with E-state index in [1.807, 2.05) is 0 Å². The van der Waals surface area contributed by atoms with Crippen LogP contribution in [-0.2, 0) is 4.79 Å². The maximum atomic E-state index is 12.0. The van der Waals surface area contributed by atoms with Crippen molar-refractivity contribution in [1.29, 1.82) is 0 Å². The van der Waals surface area contributed by atoms with Crippen LogP contribution < -0.4 is 5.32 Å². The number of piperazine rings is 1. The van der Waals surface area contributed by atoms with Gasteiger partial charge in [-0.1, -0.05) is 30.1 Å². The van der Waals surface area contributed by atoms with E-state index in [4.69, 9.17) is 23.2 Å². The fourth-order valence-corrected chi connectivity index (χ4v) is 2.82. The quantitative estimate of drug-likeness (QED) is 0.927. The molecule has 110 valence electrons. The lowest BCUT2D eigenvalue weighted by molar-refractivity contribution is -0.117. The number of carbonyl (C=O) groups excluding carboxylic acids is 1. The minimum absolute atomic E-state index is 0.0340. The number of likely N-dealkylation sites (N-methyl/N-ethyl adjacent to an activating group) is 1.